The van der Waals surface area contributed by atoms with Gasteiger partial charge in [-0.3, -0.25) is 0 Å². The maximum atomic E-state index is 4.44. The van der Waals surface area contributed by atoms with Crippen molar-refractivity contribution in [2.75, 3.05) is 17.3 Å². The van der Waals surface area contributed by atoms with Gasteiger partial charge in [0.05, 0.1) is 0 Å². The maximum absolute atomic E-state index is 4.44. The number of nitrogens with zero attached hydrogens (tertiary/aromatic N) is 3. The van der Waals surface area contributed by atoms with E-state index >= 15 is 0 Å². The molecule has 0 amide bonds. The van der Waals surface area contributed by atoms with Gasteiger partial charge in [-0.1, -0.05) is 18.2 Å². The van der Waals surface area contributed by atoms with Gasteiger partial charge < -0.3 is 10.2 Å². The summed E-state index contributed by atoms with van der Waals surface area (Å²) in [7, 11) is 1.87. The largest absolute Gasteiger partial charge is 0.373 e. The number of aromatic nitrogens is 2. The van der Waals surface area contributed by atoms with Crippen LogP contribution in [0.15, 0.2) is 36.7 Å². The van der Waals surface area contributed by atoms with E-state index in [-0.39, 0.29) is 0 Å². The molecule has 4 nitrogen and oxygen atoms in total. The molecule has 0 spiro atoms. The highest BCUT2D eigenvalue weighted by Crippen LogP contribution is 2.35. The van der Waals surface area contributed by atoms with Crippen LogP contribution in [0.5, 0.6) is 0 Å². The number of para-hydroxylation sites is 1. The van der Waals surface area contributed by atoms with Gasteiger partial charge in [-0.05, 0) is 31.4 Å². The highest BCUT2D eigenvalue weighted by molar-refractivity contribution is 5.67. The van der Waals surface area contributed by atoms with Crippen molar-refractivity contribution in [2.24, 2.45) is 0 Å². The van der Waals surface area contributed by atoms with Gasteiger partial charge in [0, 0.05) is 24.8 Å². The highest BCUT2D eigenvalue weighted by Gasteiger charge is 2.25. The Bertz CT molecular complexity index is 582. The van der Waals surface area contributed by atoms with Gasteiger partial charge in [0.1, 0.15) is 18.0 Å². The molecular formula is C15H18N4. The zero-order valence-electron chi connectivity index (χ0n) is 11.3. The van der Waals surface area contributed by atoms with Gasteiger partial charge in [0.25, 0.3) is 0 Å². The van der Waals surface area contributed by atoms with E-state index in [1.54, 1.807) is 6.33 Å². The molecule has 1 aliphatic rings. The molecule has 1 aromatic heterocycles. The first-order chi connectivity index (χ1) is 9.29. The van der Waals surface area contributed by atoms with Crippen molar-refractivity contribution < 1.29 is 0 Å². The molecule has 1 atom stereocenters. The maximum Gasteiger partial charge on any atom is 0.138 e. The Morgan fingerprint density at radius 3 is 2.95 bits per heavy atom. The van der Waals surface area contributed by atoms with E-state index in [1.165, 1.54) is 11.3 Å². The van der Waals surface area contributed by atoms with Crippen molar-refractivity contribution in [2.45, 2.75) is 25.8 Å². The lowest BCUT2D eigenvalue weighted by Gasteiger charge is -2.36. The summed E-state index contributed by atoms with van der Waals surface area (Å²) in [5.74, 6) is 1.80. The SMILES string of the molecule is CNc1cc(N2c3ccccc3CCC2C)ncn1. The monoisotopic (exact) mass is 254 g/mol. The van der Waals surface area contributed by atoms with Crippen LogP contribution in [0.1, 0.15) is 18.9 Å². The Morgan fingerprint density at radius 1 is 1.26 bits per heavy atom. The van der Waals surface area contributed by atoms with Crippen LogP contribution in [0.3, 0.4) is 0 Å². The van der Waals surface area contributed by atoms with Crippen LogP contribution in [-0.2, 0) is 6.42 Å². The summed E-state index contributed by atoms with van der Waals surface area (Å²) in [6.07, 6.45) is 3.90. The van der Waals surface area contributed by atoms with Crippen LogP contribution >= 0.6 is 0 Å². The third-order valence-electron chi connectivity index (χ3n) is 3.68. The third kappa shape index (κ3) is 2.14. The first-order valence-electron chi connectivity index (χ1n) is 6.66. The Hall–Kier alpha value is -2.10. The number of anilines is 3. The molecule has 19 heavy (non-hydrogen) atoms. The number of nitrogens with one attached hydrogen (secondary N) is 1. The fourth-order valence-electron chi connectivity index (χ4n) is 2.65. The Labute approximate surface area is 113 Å². The Kier molecular flexibility index (Phi) is 3.07. The van der Waals surface area contributed by atoms with Gasteiger partial charge in [-0.25, -0.2) is 9.97 Å². The van der Waals surface area contributed by atoms with Crippen molar-refractivity contribution in [3.63, 3.8) is 0 Å². The molecule has 0 saturated carbocycles. The second-order valence-electron chi connectivity index (χ2n) is 4.90. The van der Waals surface area contributed by atoms with Gasteiger partial charge in [-0.2, -0.15) is 0 Å². The predicted molar refractivity (Wildman–Crippen MR) is 77.9 cm³/mol. The number of rotatable bonds is 2. The number of aryl methyl sites for hydroxylation is 1. The summed E-state index contributed by atoms with van der Waals surface area (Å²) in [6.45, 7) is 2.25. The normalized spacial score (nSPS) is 18.0. The van der Waals surface area contributed by atoms with Crippen molar-refractivity contribution in [1.82, 2.24) is 9.97 Å². The molecule has 1 unspecified atom stereocenters. The second kappa shape index (κ2) is 4.88. The van der Waals surface area contributed by atoms with Crippen molar-refractivity contribution >= 4 is 17.3 Å². The lowest BCUT2D eigenvalue weighted by atomic mass is 9.97. The molecule has 2 aromatic rings. The van der Waals surface area contributed by atoms with Crippen LogP contribution in [0, 0.1) is 0 Å². The number of benzene rings is 1. The molecule has 1 aromatic carbocycles. The standard InChI is InChI=1S/C15H18N4/c1-11-7-8-12-5-3-4-6-13(12)19(11)15-9-14(16-2)17-10-18-15/h3-6,9-11H,7-8H2,1-2H3,(H,16,17,18). The zero-order chi connectivity index (χ0) is 13.2. The van der Waals surface area contributed by atoms with E-state index < -0.39 is 0 Å². The minimum absolute atomic E-state index is 0.453. The summed E-state index contributed by atoms with van der Waals surface area (Å²) >= 11 is 0. The molecule has 3 rings (SSSR count). The van der Waals surface area contributed by atoms with Crippen LogP contribution in [0.2, 0.25) is 0 Å². The molecule has 0 bridgehead atoms. The first kappa shape index (κ1) is 12.0. The molecule has 2 heterocycles. The Balaban J connectivity index is 2.07. The second-order valence-corrected chi connectivity index (χ2v) is 4.90. The summed E-state index contributed by atoms with van der Waals surface area (Å²) in [5.41, 5.74) is 2.66. The highest BCUT2D eigenvalue weighted by atomic mass is 15.2. The number of hydrogen-bond donors (Lipinski definition) is 1. The average molecular weight is 254 g/mol. The fraction of sp³-hybridized carbons (Fsp3) is 0.333. The predicted octanol–water partition coefficient (Wildman–Crippen LogP) is 2.99. The van der Waals surface area contributed by atoms with E-state index in [4.69, 9.17) is 0 Å². The summed E-state index contributed by atoms with van der Waals surface area (Å²) in [6, 6.07) is 11.0. The minimum Gasteiger partial charge on any atom is -0.373 e. The van der Waals surface area contributed by atoms with Gasteiger partial charge in [0.2, 0.25) is 0 Å². The smallest absolute Gasteiger partial charge is 0.138 e. The van der Waals surface area contributed by atoms with Gasteiger partial charge in [0.15, 0.2) is 0 Å². The summed E-state index contributed by atoms with van der Waals surface area (Å²) in [4.78, 5) is 10.9. The van der Waals surface area contributed by atoms with Gasteiger partial charge in [-0.15, -0.1) is 0 Å². The molecule has 4 heteroatoms. The molecule has 0 aliphatic carbocycles. The molecule has 1 N–H and O–H groups in total. The van der Waals surface area contributed by atoms with E-state index in [0.29, 0.717) is 6.04 Å². The minimum atomic E-state index is 0.453. The number of hydrogen-bond acceptors (Lipinski definition) is 4. The van der Waals surface area contributed by atoms with Crippen molar-refractivity contribution in [1.29, 1.82) is 0 Å². The van der Waals surface area contributed by atoms with Crippen molar-refractivity contribution in [3.05, 3.63) is 42.2 Å². The molecule has 98 valence electrons. The molecule has 0 saturated heterocycles. The fourth-order valence-corrected chi connectivity index (χ4v) is 2.65. The molecular weight excluding hydrogens is 236 g/mol. The lowest BCUT2D eigenvalue weighted by molar-refractivity contribution is 0.613. The van der Waals surface area contributed by atoms with E-state index in [1.807, 2.05) is 13.1 Å². The quantitative estimate of drug-likeness (QED) is 0.894. The molecule has 1 aliphatic heterocycles. The van der Waals surface area contributed by atoms with Crippen LogP contribution in [0.4, 0.5) is 17.3 Å². The van der Waals surface area contributed by atoms with E-state index in [0.717, 1.165) is 24.5 Å². The summed E-state index contributed by atoms with van der Waals surface area (Å²) < 4.78 is 0. The number of fused-ring (bicyclic) bond motifs is 1. The van der Waals surface area contributed by atoms with E-state index in [2.05, 4.69) is 51.4 Å². The van der Waals surface area contributed by atoms with Crippen LogP contribution in [-0.4, -0.2) is 23.1 Å². The van der Waals surface area contributed by atoms with E-state index in [9.17, 15) is 0 Å². The first-order valence-corrected chi connectivity index (χ1v) is 6.66. The molecule has 0 fully saturated rings. The van der Waals surface area contributed by atoms with Crippen LogP contribution in [0.25, 0.3) is 0 Å². The van der Waals surface area contributed by atoms with Crippen LogP contribution < -0.4 is 10.2 Å². The lowest BCUT2D eigenvalue weighted by Crippen LogP contribution is -2.33. The van der Waals surface area contributed by atoms with Gasteiger partial charge >= 0.3 is 0 Å². The zero-order valence-corrected chi connectivity index (χ0v) is 11.3. The Morgan fingerprint density at radius 2 is 2.11 bits per heavy atom. The van der Waals surface area contributed by atoms with Crippen molar-refractivity contribution in [3.8, 4) is 0 Å². The topological polar surface area (TPSA) is 41.0 Å². The average Bonchev–Trinajstić information content (AvgIpc) is 2.47. The molecule has 0 radical (unpaired) electrons. The third-order valence-corrected chi connectivity index (χ3v) is 3.68. The summed E-state index contributed by atoms with van der Waals surface area (Å²) in [5, 5.41) is 3.07.